The van der Waals surface area contributed by atoms with Crippen molar-refractivity contribution in [2.45, 2.75) is 25.9 Å². The molecule has 2 aliphatic heterocycles. The van der Waals surface area contributed by atoms with Crippen molar-refractivity contribution in [1.29, 1.82) is 0 Å². The lowest BCUT2D eigenvalue weighted by Crippen LogP contribution is -2.27. The summed E-state index contributed by atoms with van der Waals surface area (Å²) in [6.07, 6.45) is 1.18. The van der Waals surface area contributed by atoms with Gasteiger partial charge in [0.15, 0.2) is 11.5 Å². The number of fused-ring (bicyclic) bond motifs is 1. The van der Waals surface area contributed by atoms with Crippen LogP contribution in [-0.2, 0) is 6.54 Å². The van der Waals surface area contributed by atoms with Crippen LogP contribution >= 0.6 is 24.0 Å². The van der Waals surface area contributed by atoms with Gasteiger partial charge in [-0.05, 0) is 43.5 Å². The van der Waals surface area contributed by atoms with E-state index in [1.54, 1.807) is 0 Å². The van der Waals surface area contributed by atoms with Crippen LogP contribution in [0, 0.1) is 5.92 Å². The number of likely N-dealkylation sites (tertiary alicyclic amines) is 1. The largest absolute Gasteiger partial charge is 0.486 e. The fraction of sp³-hybridized carbons (Fsp3) is 0.600. The number of ether oxygens (including phenoxy) is 2. The lowest BCUT2D eigenvalue weighted by atomic mass is 10.1. The molecular formula is C15H22Cl2N2O2. The Labute approximate surface area is 136 Å². The second kappa shape index (κ2) is 7.05. The van der Waals surface area contributed by atoms with E-state index in [0.717, 1.165) is 25.4 Å². The summed E-state index contributed by atoms with van der Waals surface area (Å²) in [6, 6.07) is 4.59. The van der Waals surface area contributed by atoms with Gasteiger partial charge in [0.05, 0.1) is 5.02 Å². The van der Waals surface area contributed by atoms with E-state index in [9.17, 15) is 0 Å². The summed E-state index contributed by atoms with van der Waals surface area (Å²) >= 11 is 6.28. The van der Waals surface area contributed by atoms with Crippen LogP contribution in [0.15, 0.2) is 12.1 Å². The van der Waals surface area contributed by atoms with Crippen LogP contribution in [0.2, 0.25) is 5.02 Å². The highest BCUT2D eigenvalue weighted by Gasteiger charge is 2.28. The topological polar surface area (TPSA) is 47.7 Å². The van der Waals surface area contributed by atoms with Gasteiger partial charge < -0.3 is 15.2 Å². The minimum Gasteiger partial charge on any atom is -0.486 e. The molecule has 2 atom stereocenters. The van der Waals surface area contributed by atoms with E-state index in [-0.39, 0.29) is 12.4 Å². The highest BCUT2D eigenvalue weighted by Crippen LogP contribution is 2.39. The summed E-state index contributed by atoms with van der Waals surface area (Å²) in [4.78, 5) is 2.46. The molecule has 0 bridgehead atoms. The van der Waals surface area contributed by atoms with Crippen molar-refractivity contribution in [2.24, 2.45) is 11.7 Å². The molecule has 1 fully saturated rings. The van der Waals surface area contributed by atoms with E-state index >= 15 is 0 Å². The zero-order valence-electron chi connectivity index (χ0n) is 12.2. The summed E-state index contributed by atoms with van der Waals surface area (Å²) in [6.45, 7) is 6.12. The molecule has 0 saturated carbocycles. The van der Waals surface area contributed by atoms with Gasteiger partial charge in [0.1, 0.15) is 13.2 Å². The average molecular weight is 333 g/mol. The predicted octanol–water partition coefficient (Wildman–Crippen LogP) is 2.70. The molecule has 0 radical (unpaired) electrons. The van der Waals surface area contributed by atoms with Crippen molar-refractivity contribution in [3.05, 3.63) is 22.7 Å². The number of hydrogen-bond acceptors (Lipinski definition) is 4. The first-order chi connectivity index (χ1) is 9.67. The Bertz CT molecular complexity index is 499. The molecule has 0 spiro atoms. The van der Waals surface area contributed by atoms with Crippen LogP contribution in [0.25, 0.3) is 0 Å². The van der Waals surface area contributed by atoms with Crippen LogP contribution in [-0.4, -0.2) is 37.2 Å². The third kappa shape index (κ3) is 3.57. The van der Waals surface area contributed by atoms with Crippen molar-refractivity contribution in [2.75, 3.05) is 26.3 Å². The van der Waals surface area contributed by atoms with Crippen molar-refractivity contribution >= 4 is 24.0 Å². The SMILES string of the molecule is CC1CC(CN)CN1Cc1cc(Cl)c2c(c1)OCCO2.Cl. The molecule has 0 aromatic heterocycles. The molecule has 1 aromatic carbocycles. The molecular weight excluding hydrogens is 311 g/mol. The monoisotopic (exact) mass is 332 g/mol. The number of nitrogens with two attached hydrogens (primary N) is 1. The van der Waals surface area contributed by atoms with Gasteiger partial charge >= 0.3 is 0 Å². The predicted molar refractivity (Wildman–Crippen MR) is 86.7 cm³/mol. The Balaban J connectivity index is 0.00000161. The number of hydrogen-bond donors (Lipinski definition) is 1. The zero-order chi connectivity index (χ0) is 14.1. The normalized spacial score (nSPS) is 24.7. The van der Waals surface area contributed by atoms with E-state index in [4.69, 9.17) is 26.8 Å². The lowest BCUT2D eigenvalue weighted by Gasteiger charge is -2.24. The Hall–Kier alpha value is -0.680. The first-order valence-electron chi connectivity index (χ1n) is 7.19. The number of halogens is 2. The maximum atomic E-state index is 6.28. The highest BCUT2D eigenvalue weighted by molar-refractivity contribution is 6.32. The molecule has 4 nitrogen and oxygen atoms in total. The van der Waals surface area contributed by atoms with E-state index in [1.807, 2.05) is 12.1 Å². The molecule has 118 valence electrons. The van der Waals surface area contributed by atoms with Gasteiger partial charge in [-0.1, -0.05) is 11.6 Å². The van der Waals surface area contributed by atoms with Gasteiger partial charge in [0.25, 0.3) is 0 Å². The van der Waals surface area contributed by atoms with E-state index < -0.39 is 0 Å². The summed E-state index contributed by atoms with van der Waals surface area (Å²) in [7, 11) is 0. The number of benzene rings is 1. The second-order valence-electron chi connectivity index (χ2n) is 5.72. The Kier molecular flexibility index (Phi) is 5.60. The molecule has 0 amide bonds. The second-order valence-corrected chi connectivity index (χ2v) is 6.12. The first kappa shape index (κ1) is 16.7. The van der Waals surface area contributed by atoms with Crippen LogP contribution in [0.1, 0.15) is 18.9 Å². The molecule has 3 rings (SSSR count). The summed E-state index contributed by atoms with van der Waals surface area (Å²) in [5, 5.41) is 0.638. The molecule has 21 heavy (non-hydrogen) atoms. The third-order valence-electron chi connectivity index (χ3n) is 4.17. The van der Waals surface area contributed by atoms with Crippen molar-refractivity contribution in [3.8, 4) is 11.5 Å². The standard InChI is InChI=1S/C15H21ClN2O2.ClH/c1-10-4-12(7-17)9-18(10)8-11-5-13(16)15-14(6-11)19-2-3-20-15;/h5-6,10,12H,2-4,7-9,17H2,1H3;1H. The molecule has 2 heterocycles. The molecule has 0 aliphatic carbocycles. The lowest BCUT2D eigenvalue weighted by molar-refractivity contribution is 0.171. The fourth-order valence-electron chi connectivity index (χ4n) is 3.10. The minimum atomic E-state index is 0. The Morgan fingerprint density at radius 3 is 2.81 bits per heavy atom. The maximum absolute atomic E-state index is 6.28. The summed E-state index contributed by atoms with van der Waals surface area (Å²) < 4.78 is 11.2. The molecule has 6 heteroatoms. The van der Waals surface area contributed by atoms with Crippen LogP contribution < -0.4 is 15.2 Å². The zero-order valence-corrected chi connectivity index (χ0v) is 13.8. The van der Waals surface area contributed by atoms with E-state index in [0.29, 0.717) is 35.9 Å². The Morgan fingerprint density at radius 2 is 2.10 bits per heavy atom. The maximum Gasteiger partial charge on any atom is 0.179 e. The van der Waals surface area contributed by atoms with E-state index in [2.05, 4.69) is 11.8 Å². The minimum absolute atomic E-state index is 0. The molecule has 2 aliphatic rings. The molecule has 2 unspecified atom stereocenters. The van der Waals surface area contributed by atoms with Crippen LogP contribution in [0.4, 0.5) is 0 Å². The van der Waals surface area contributed by atoms with E-state index in [1.165, 1.54) is 12.0 Å². The van der Waals surface area contributed by atoms with Gasteiger partial charge in [0, 0.05) is 19.1 Å². The quantitative estimate of drug-likeness (QED) is 0.924. The third-order valence-corrected chi connectivity index (χ3v) is 4.45. The number of nitrogens with zero attached hydrogens (tertiary/aromatic N) is 1. The molecule has 1 saturated heterocycles. The van der Waals surface area contributed by atoms with Crippen LogP contribution in [0.5, 0.6) is 11.5 Å². The fourth-order valence-corrected chi connectivity index (χ4v) is 3.39. The number of rotatable bonds is 3. The van der Waals surface area contributed by atoms with Gasteiger partial charge in [0.2, 0.25) is 0 Å². The molecule has 1 aromatic rings. The Morgan fingerprint density at radius 1 is 1.33 bits per heavy atom. The summed E-state index contributed by atoms with van der Waals surface area (Å²) in [5.41, 5.74) is 6.95. The highest BCUT2D eigenvalue weighted by atomic mass is 35.5. The summed E-state index contributed by atoms with van der Waals surface area (Å²) in [5.74, 6) is 2.05. The smallest absolute Gasteiger partial charge is 0.179 e. The van der Waals surface area contributed by atoms with Crippen LogP contribution in [0.3, 0.4) is 0 Å². The van der Waals surface area contributed by atoms with Gasteiger partial charge in [-0.15, -0.1) is 12.4 Å². The molecule has 2 N–H and O–H groups in total. The van der Waals surface area contributed by atoms with Crippen molar-refractivity contribution in [1.82, 2.24) is 4.90 Å². The van der Waals surface area contributed by atoms with Crippen molar-refractivity contribution < 1.29 is 9.47 Å². The van der Waals surface area contributed by atoms with Gasteiger partial charge in [-0.25, -0.2) is 0 Å². The first-order valence-corrected chi connectivity index (χ1v) is 7.57. The van der Waals surface area contributed by atoms with Crippen molar-refractivity contribution in [3.63, 3.8) is 0 Å². The van der Waals surface area contributed by atoms with Gasteiger partial charge in [-0.3, -0.25) is 4.90 Å². The average Bonchev–Trinajstić information content (AvgIpc) is 2.79. The van der Waals surface area contributed by atoms with Gasteiger partial charge in [-0.2, -0.15) is 0 Å².